The highest BCUT2D eigenvalue weighted by atomic mass is 35.5. The number of rotatable bonds is 4. The maximum absolute atomic E-state index is 5.95. The molecule has 3 rings (SSSR count). The van der Waals surface area contributed by atoms with Crippen LogP contribution >= 0.6 is 11.6 Å². The van der Waals surface area contributed by atoms with E-state index in [-0.39, 0.29) is 6.10 Å². The third-order valence-corrected chi connectivity index (χ3v) is 3.35. The largest absolute Gasteiger partial charge is 0.483 e. The summed E-state index contributed by atoms with van der Waals surface area (Å²) in [6.45, 7) is 1.93. The van der Waals surface area contributed by atoms with Crippen molar-refractivity contribution in [3.05, 3.63) is 47.2 Å². The summed E-state index contributed by atoms with van der Waals surface area (Å²) in [7, 11) is 1.83. The predicted molar refractivity (Wildman–Crippen MR) is 83.9 cm³/mol. The summed E-state index contributed by atoms with van der Waals surface area (Å²) in [5, 5.41) is 3.64. The molecule has 0 spiro atoms. The van der Waals surface area contributed by atoms with Crippen LogP contribution in [0.5, 0.6) is 5.75 Å². The molecule has 1 atom stereocenters. The molecule has 2 N–H and O–H groups in total. The lowest BCUT2D eigenvalue weighted by molar-refractivity contribution is 0.218. The summed E-state index contributed by atoms with van der Waals surface area (Å²) in [5.41, 5.74) is 1.55. The summed E-state index contributed by atoms with van der Waals surface area (Å²) in [6.07, 6.45) is -0.226. The molecule has 0 amide bonds. The first-order chi connectivity index (χ1) is 10.2. The minimum absolute atomic E-state index is 0.226. The second kappa shape index (κ2) is 5.61. The summed E-state index contributed by atoms with van der Waals surface area (Å²) < 4.78 is 5.85. The third-order valence-electron chi connectivity index (χ3n) is 3.11. The van der Waals surface area contributed by atoms with E-state index in [0.29, 0.717) is 16.4 Å². The van der Waals surface area contributed by atoms with Gasteiger partial charge in [-0.25, -0.2) is 9.97 Å². The Hall–Kier alpha value is -2.27. The number of anilines is 1. The van der Waals surface area contributed by atoms with Gasteiger partial charge >= 0.3 is 0 Å². The number of pyridine rings is 1. The van der Waals surface area contributed by atoms with E-state index in [1.165, 1.54) is 0 Å². The van der Waals surface area contributed by atoms with E-state index < -0.39 is 0 Å². The highest BCUT2D eigenvalue weighted by Gasteiger charge is 2.13. The Morgan fingerprint density at radius 1 is 1.24 bits per heavy atom. The maximum atomic E-state index is 5.95. The SMILES string of the molecule is CNc1ccc2[nH]c(C(C)Oc3cccc(Cl)c3)nc2n1. The Kier molecular flexibility index (Phi) is 3.66. The highest BCUT2D eigenvalue weighted by Crippen LogP contribution is 2.24. The van der Waals surface area contributed by atoms with Crippen molar-refractivity contribution in [3.63, 3.8) is 0 Å². The first-order valence-electron chi connectivity index (χ1n) is 6.62. The number of nitrogens with zero attached hydrogens (tertiary/aromatic N) is 2. The molecule has 0 radical (unpaired) electrons. The van der Waals surface area contributed by atoms with Crippen LogP contribution < -0.4 is 10.1 Å². The third kappa shape index (κ3) is 2.92. The van der Waals surface area contributed by atoms with Gasteiger partial charge in [0.05, 0.1) is 5.52 Å². The standard InChI is InChI=1S/C15H15ClN4O/c1-9(21-11-5-3-4-10(16)8-11)14-18-12-6-7-13(17-2)19-15(12)20-14/h3-9H,1-2H3,(H2,17,18,19,20). The zero-order valence-electron chi connectivity index (χ0n) is 11.7. The second-order valence-electron chi connectivity index (χ2n) is 4.66. The van der Waals surface area contributed by atoms with Crippen LogP contribution in [0.4, 0.5) is 5.82 Å². The first-order valence-corrected chi connectivity index (χ1v) is 7.00. The van der Waals surface area contributed by atoms with E-state index in [4.69, 9.17) is 16.3 Å². The number of aromatic nitrogens is 3. The van der Waals surface area contributed by atoms with Crippen LogP contribution in [0.3, 0.4) is 0 Å². The molecule has 0 bridgehead atoms. The van der Waals surface area contributed by atoms with E-state index in [1.807, 2.05) is 44.3 Å². The molecule has 0 aliphatic heterocycles. The van der Waals surface area contributed by atoms with Gasteiger partial charge in [0.15, 0.2) is 11.8 Å². The van der Waals surface area contributed by atoms with Crippen LogP contribution in [0.25, 0.3) is 11.2 Å². The molecule has 0 aliphatic rings. The molecule has 2 aromatic heterocycles. The number of benzene rings is 1. The monoisotopic (exact) mass is 302 g/mol. The molecule has 0 saturated heterocycles. The van der Waals surface area contributed by atoms with E-state index in [2.05, 4.69) is 20.3 Å². The number of imidazole rings is 1. The molecule has 5 nitrogen and oxygen atoms in total. The lowest BCUT2D eigenvalue weighted by Gasteiger charge is -2.12. The average Bonchev–Trinajstić information content (AvgIpc) is 2.90. The van der Waals surface area contributed by atoms with Crippen molar-refractivity contribution in [1.82, 2.24) is 15.0 Å². The molecule has 0 saturated carbocycles. The van der Waals surface area contributed by atoms with Crippen molar-refractivity contribution in [2.24, 2.45) is 0 Å². The fraction of sp³-hybridized carbons (Fsp3) is 0.200. The van der Waals surface area contributed by atoms with Gasteiger partial charge < -0.3 is 15.0 Å². The second-order valence-corrected chi connectivity index (χ2v) is 5.09. The van der Waals surface area contributed by atoms with Crippen LogP contribution in [0.1, 0.15) is 18.9 Å². The Bertz CT molecular complexity index is 771. The van der Waals surface area contributed by atoms with Gasteiger partial charge in [0.25, 0.3) is 0 Å². The zero-order valence-corrected chi connectivity index (χ0v) is 12.5. The molecule has 108 valence electrons. The lowest BCUT2D eigenvalue weighted by atomic mass is 10.3. The smallest absolute Gasteiger partial charge is 0.179 e. The topological polar surface area (TPSA) is 62.8 Å². The molecule has 1 aromatic carbocycles. The van der Waals surface area contributed by atoms with Crippen LogP contribution in [0.15, 0.2) is 36.4 Å². The number of H-pyrrole nitrogens is 1. The van der Waals surface area contributed by atoms with Crippen molar-refractivity contribution < 1.29 is 4.74 Å². The minimum atomic E-state index is -0.226. The van der Waals surface area contributed by atoms with E-state index in [1.54, 1.807) is 6.07 Å². The van der Waals surface area contributed by atoms with Gasteiger partial charge in [-0.05, 0) is 37.3 Å². The fourth-order valence-electron chi connectivity index (χ4n) is 2.04. The van der Waals surface area contributed by atoms with Gasteiger partial charge in [-0.3, -0.25) is 0 Å². The van der Waals surface area contributed by atoms with Gasteiger partial charge in [-0.15, -0.1) is 0 Å². The van der Waals surface area contributed by atoms with Gasteiger partial charge in [0.1, 0.15) is 17.4 Å². The van der Waals surface area contributed by atoms with E-state index in [0.717, 1.165) is 17.2 Å². The maximum Gasteiger partial charge on any atom is 0.179 e. The van der Waals surface area contributed by atoms with E-state index in [9.17, 15) is 0 Å². The summed E-state index contributed by atoms with van der Waals surface area (Å²) in [5.74, 6) is 2.22. The number of halogens is 1. The van der Waals surface area contributed by atoms with Gasteiger partial charge in [-0.2, -0.15) is 0 Å². The molecule has 0 aliphatic carbocycles. The first kappa shape index (κ1) is 13.7. The fourth-order valence-corrected chi connectivity index (χ4v) is 2.22. The number of nitrogens with one attached hydrogen (secondary N) is 2. The molecular formula is C15H15ClN4O. The van der Waals surface area contributed by atoms with E-state index >= 15 is 0 Å². The summed E-state index contributed by atoms with van der Waals surface area (Å²) in [4.78, 5) is 12.1. The molecular weight excluding hydrogens is 288 g/mol. The molecule has 2 heterocycles. The average molecular weight is 303 g/mol. The van der Waals surface area contributed by atoms with Gasteiger partial charge in [0.2, 0.25) is 0 Å². The normalized spacial score (nSPS) is 12.3. The van der Waals surface area contributed by atoms with Crippen molar-refractivity contribution >= 4 is 28.6 Å². The number of hydrogen-bond acceptors (Lipinski definition) is 4. The molecule has 21 heavy (non-hydrogen) atoms. The number of aromatic amines is 1. The molecule has 0 fully saturated rings. The Morgan fingerprint density at radius 2 is 2.10 bits per heavy atom. The predicted octanol–water partition coefficient (Wildman–Crippen LogP) is 3.79. The summed E-state index contributed by atoms with van der Waals surface area (Å²) >= 11 is 5.95. The van der Waals surface area contributed by atoms with Crippen LogP contribution in [-0.4, -0.2) is 22.0 Å². The lowest BCUT2D eigenvalue weighted by Crippen LogP contribution is -2.04. The van der Waals surface area contributed by atoms with Crippen molar-refractivity contribution in [3.8, 4) is 5.75 Å². The molecule has 6 heteroatoms. The summed E-state index contributed by atoms with van der Waals surface area (Å²) in [6, 6.07) is 11.1. The van der Waals surface area contributed by atoms with Gasteiger partial charge in [-0.1, -0.05) is 17.7 Å². The number of fused-ring (bicyclic) bond motifs is 1. The van der Waals surface area contributed by atoms with Crippen molar-refractivity contribution in [2.45, 2.75) is 13.0 Å². The van der Waals surface area contributed by atoms with Crippen molar-refractivity contribution in [1.29, 1.82) is 0 Å². The highest BCUT2D eigenvalue weighted by molar-refractivity contribution is 6.30. The van der Waals surface area contributed by atoms with Crippen LogP contribution in [-0.2, 0) is 0 Å². The molecule has 3 aromatic rings. The quantitative estimate of drug-likeness (QED) is 0.769. The van der Waals surface area contributed by atoms with Crippen molar-refractivity contribution in [2.75, 3.05) is 12.4 Å². The zero-order chi connectivity index (χ0) is 14.8. The Balaban J connectivity index is 1.85. The minimum Gasteiger partial charge on any atom is -0.483 e. The number of ether oxygens (including phenoxy) is 1. The molecule has 1 unspecified atom stereocenters. The van der Waals surface area contributed by atoms with Gasteiger partial charge in [0, 0.05) is 12.1 Å². The van der Waals surface area contributed by atoms with Crippen LogP contribution in [0, 0.1) is 0 Å². The Morgan fingerprint density at radius 3 is 2.86 bits per heavy atom. The van der Waals surface area contributed by atoms with Crippen LogP contribution in [0.2, 0.25) is 5.02 Å². The number of hydrogen-bond donors (Lipinski definition) is 2. The Labute approximate surface area is 127 Å².